The van der Waals surface area contributed by atoms with E-state index in [9.17, 15) is 26.3 Å². The first-order valence-electron chi connectivity index (χ1n) is 8.57. The third-order valence-electron chi connectivity index (χ3n) is 4.17. The Balaban J connectivity index is 1.85. The number of hydrogen-bond acceptors (Lipinski definition) is 6. The number of alkyl halides is 6. The number of anilines is 2. The summed E-state index contributed by atoms with van der Waals surface area (Å²) in [6.07, 6.45) is -6.51. The third-order valence-corrected chi connectivity index (χ3v) is 4.61. The van der Waals surface area contributed by atoms with Crippen LogP contribution in [0.3, 0.4) is 0 Å². The first kappa shape index (κ1) is 22.7. The lowest BCUT2D eigenvalue weighted by Gasteiger charge is -2.27. The van der Waals surface area contributed by atoms with Crippen LogP contribution in [0.2, 0.25) is 0 Å². The summed E-state index contributed by atoms with van der Waals surface area (Å²) in [4.78, 5) is 8.83. The molecule has 1 aliphatic rings. The Kier molecular flexibility index (Phi) is 6.30. The Morgan fingerprint density at radius 2 is 1.90 bits per heavy atom. The smallest absolute Gasteiger partial charge is 0.355 e. The van der Waals surface area contributed by atoms with Gasteiger partial charge in [0, 0.05) is 16.4 Å². The normalized spacial score (nSPS) is 14.1. The Morgan fingerprint density at radius 1 is 1.16 bits per heavy atom. The Bertz CT molecular complexity index is 1030. The predicted molar refractivity (Wildman–Crippen MR) is 104 cm³/mol. The number of aromatic nitrogens is 1. The van der Waals surface area contributed by atoms with Crippen LogP contribution in [0.5, 0.6) is 0 Å². The van der Waals surface area contributed by atoms with E-state index in [4.69, 9.17) is 5.26 Å². The van der Waals surface area contributed by atoms with Gasteiger partial charge >= 0.3 is 12.4 Å². The molecule has 1 aliphatic heterocycles. The summed E-state index contributed by atoms with van der Waals surface area (Å²) in [7, 11) is 0. The lowest BCUT2D eigenvalue weighted by molar-refractivity contribution is -0.137. The van der Waals surface area contributed by atoms with Crippen LogP contribution in [0.15, 0.2) is 46.1 Å². The van der Waals surface area contributed by atoms with E-state index in [0.717, 1.165) is 12.1 Å². The fourth-order valence-electron chi connectivity index (χ4n) is 2.86. The lowest BCUT2D eigenvalue weighted by atomic mass is 10.1. The molecule has 0 saturated carbocycles. The van der Waals surface area contributed by atoms with E-state index in [2.05, 4.69) is 31.3 Å². The minimum absolute atomic E-state index is 0.0779. The van der Waals surface area contributed by atoms with E-state index >= 15 is 0 Å². The second-order valence-electron chi connectivity index (χ2n) is 6.46. The van der Waals surface area contributed by atoms with Crippen LogP contribution in [0.25, 0.3) is 0 Å². The van der Waals surface area contributed by atoms with E-state index in [1.165, 1.54) is 17.3 Å². The maximum absolute atomic E-state index is 13.2. The van der Waals surface area contributed by atoms with E-state index in [1.807, 2.05) is 0 Å². The van der Waals surface area contributed by atoms with E-state index < -0.39 is 36.6 Å². The summed E-state index contributed by atoms with van der Waals surface area (Å²) in [5.41, 5.74) is 1.10. The van der Waals surface area contributed by atoms with Gasteiger partial charge in [-0.2, -0.15) is 31.6 Å². The first-order valence-corrected chi connectivity index (χ1v) is 9.37. The molecule has 0 aliphatic carbocycles. The number of aliphatic imine (C=N–C) groups is 1. The zero-order valence-corrected chi connectivity index (χ0v) is 17.1. The molecule has 0 atom stereocenters. The van der Waals surface area contributed by atoms with Crippen molar-refractivity contribution >= 4 is 33.1 Å². The molecule has 0 radical (unpaired) electrons. The molecule has 0 spiro atoms. The molecule has 0 fully saturated rings. The third kappa shape index (κ3) is 5.78. The molecule has 3 rings (SSSR count). The molecule has 0 saturated heterocycles. The minimum atomic E-state index is -4.89. The van der Waals surface area contributed by atoms with Crippen molar-refractivity contribution in [3.05, 3.63) is 52.3 Å². The van der Waals surface area contributed by atoms with Crippen LogP contribution in [0.4, 0.5) is 37.7 Å². The van der Waals surface area contributed by atoms with Gasteiger partial charge in [0.05, 0.1) is 35.6 Å². The zero-order chi connectivity index (χ0) is 22.8. The first-order chi connectivity index (χ1) is 14.5. The number of halogens is 7. The van der Waals surface area contributed by atoms with Gasteiger partial charge in [-0.1, -0.05) is 0 Å². The number of hydrazine groups is 1. The average Bonchev–Trinajstić information content (AvgIpc) is 3.14. The summed E-state index contributed by atoms with van der Waals surface area (Å²) in [6.45, 7) is -1.86. The maximum Gasteiger partial charge on any atom is 0.417 e. The number of hydrogen-bond donors (Lipinski definition) is 1. The molecule has 13 heteroatoms. The lowest BCUT2D eigenvalue weighted by Crippen LogP contribution is -2.44. The van der Waals surface area contributed by atoms with Crippen molar-refractivity contribution in [2.45, 2.75) is 12.4 Å². The topological polar surface area (TPSA) is 67.5 Å². The number of nitriles is 1. The molecular weight excluding hydrogens is 494 g/mol. The summed E-state index contributed by atoms with van der Waals surface area (Å²) in [6, 6.07) is 5.55. The summed E-state index contributed by atoms with van der Waals surface area (Å²) in [5, 5.41) is 10.4. The second kappa shape index (κ2) is 8.62. The fourth-order valence-corrected chi connectivity index (χ4v) is 3.21. The van der Waals surface area contributed by atoms with Crippen LogP contribution < -0.4 is 15.3 Å². The van der Waals surface area contributed by atoms with Crippen LogP contribution in [0.1, 0.15) is 11.1 Å². The molecule has 6 nitrogen and oxygen atoms in total. The highest BCUT2D eigenvalue weighted by atomic mass is 79.9. The Morgan fingerprint density at radius 3 is 2.52 bits per heavy atom. The van der Waals surface area contributed by atoms with E-state index in [1.54, 1.807) is 12.3 Å². The molecule has 31 heavy (non-hydrogen) atoms. The van der Waals surface area contributed by atoms with Gasteiger partial charge in [-0.3, -0.25) is 15.4 Å². The number of nitrogens with zero attached hydrogens (tertiary/aromatic N) is 5. The molecule has 1 aromatic heterocycles. The van der Waals surface area contributed by atoms with Gasteiger partial charge in [0.2, 0.25) is 0 Å². The molecule has 0 amide bonds. The van der Waals surface area contributed by atoms with Gasteiger partial charge in [0.1, 0.15) is 19.0 Å². The summed E-state index contributed by atoms with van der Waals surface area (Å²) >= 11 is 3.26. The van der Waals surface area contributed by atoms with Crippen LogP contribution in [0, 0.1) is 11.3 Å². The number of benzene rings is 1. The number of nitrogens with one attached hydrogen (secondary N) is 1. The number of amidine groups is 1. The van der Waals surface area contributed by atoms with Crippen molar-refractivity contribution in [2.24, 2.45) is 4.99 Å². The molecule has 2 aromatic rings. The van der Waals surface area contributed by atoms with Gasteiger partial charge in [-0.15, -0.1) is 0 Å². The van der Waals surface area contributed by atoms with Gasteiger partial charge < -0.3 is 4.90 Å². The number of pyridine rings is 1. The van der Waals surface area contributed by atoms with Crippen LogP contribution in [-0.4, -0.2) is 36.8 Å². The predicted octanol–water partition coefficient (Wildman–Crippen LogP) is 4.48. The minimum Gasteiger partial charge on any atom is -0.355 e. The molecule has 1 N–H and O–H groups in total. The van der Waals surface area contributed by atoms with Crippen molar-refractivity contribution in [2.75, 3.05) is 29.7 Å². The van der Waals surface area contributed by atoms with Gasteiger partial charge in [-0.05, 0) is 40.2 Å². The van der Waals surface area contributed by atoms with E-state index in [-0.39, 0.29) is 18.2 Å². The highest BCUT2D eigenvalue weighted by molar-refractivity contribution is 9.10. The highest BCUT2D eigenvalue weighted by Gasteiger charge is 2.36. The average molecular weight is 507 g/mol. The quantitative estimate of drug-likeness (QED) is 0.605. The monoisotopic (exact) mass is 506 g/mol. The van der Waals surface area contributed by atoms with Crippen molar-refractivity contribution in [1.82, 2.24) is 10.4 Å². The van der Waals surface area contributed by atoms with E-state index in [0.29, 0.717) is 21.1 Å². The summed E-state index contributed by atoms with van der Waals surface area (Å²) in [5.74, 6) is 0.127. The molecule has 0 unspecified atom stereocenters. The molecule has 0 bridgehead atoms. The van der Waals surface area contributed by atoms with Crippen molar-refractivity contribution in [1.29, 1.82) is 5.26 Å². The molecule has 2 heterocycles. The van der Waals surface area contributed by atoms with Crippen molar-refractivity contribution in [3.63, 3.8) is 0 Å². The SMILES string of the molecule is N#Cc1ccc(N(CC2=NCN(c3cncc(Br)c3)N2)CC(F)(F)F)cc1C(F)(F)F. The Hall–Kier alpha value is -3.01. The fraction of sp³-hybridized carbons (Fsp3) is 0.278. The van der Waals surface area contributed by atoms with Gasteiger partial charge in [0.15, 0.2) is 0 Å². The zero-order valence-electron chi connectivity index (χ0n) is 15.5. The largest absolute Gasteiger partial charge is 0.417 e. The number of rotatable bonds is 5. The van der Waals surface area contributed by atoms with Gasteiger partial charge in [0.25, 0.3) is 0 Å². The maximum atomic E-state index is 13.2. The highest BCUT2D eigenvalue weighted by Crippen LogP contribution is 2.35. The van der Waals surface area contributed by atoms with Crippen LogP contribution in [-0.2, 0) is 6.18 Å². The van der Waals surface area contributed by atoms with Gasteiger partial charge in [-0.25, -0.2) is 4.99 Å². The van der Waals surface area contributed by atoms with Crippen LogP contribution >= 0.6 is 15.9 Å². The van der Waals surface area contributed by atoms with Crippen molar-refractivity contribution in [3.8, 4) is 6.07 Å². The molecular formula is C18H13BrF6N6. The molecule has 164 valence electrons. The Labute approximate surface area is 180 Å². The standard InChI is InChI=1S/C18H13BrF6N6/c19-12-3-14(7-27-6-12)31-10-28-16(29-31)8-30(9-17(20,21)22)13-2-1-11(5-26)15(4-13)18(23,24)25/h1-4,6-7H,8-10H2,(H,28,29). The second-order valence-corrected chi connectivity index (χ2v) is 7.37. The summed E-state index contributed by atoms with van der Waals surface area (Å²) < 4.78 is 79.8. The van der Waals surface area contributed by atoms with Crippen molar-refractivity contribution < 1.29 is 26.3 Å². The molecule has 1 aromatic carbocycles.